The summed E-state index contributed by atoms with van der Waals surface area (Å²) in [6.45, 7) is 4.30. The number of hydrogen-bond donors (Lipinski definition) is 0. The standard InChI is InChI=1S/C21H25N2OS/c1-16(23(2)14-8-3-9-15-23)21(24)22-17-10-4-6-12-19(17)25-20-13-7-5-11-18(20)22/h4-7,10-13,16H,3,8-9,14-15H2,1-2H3/q+1. The van der Waals surface area contributed by atoms with E-state index in [1.165, 1.54) is 19.3 Å². The molecule has 4 rings (SSSR count). The molecule has 1 atom stereocenters. The highest BCUT2D eigenvalue weighted by atomic mass is 32.2. The van der Waals surface area contributed by atoms with E-state index in [-0.39, 0.29) is 11.9 Å². The number of fused-ring (bicyclic) bond motifs is 2. The zero-order valence-electron chi connectivity index (χ0n) is 14.9. The highest BCUT2D eigenvalue weighted by molar-refractivity contribution is 7.99. The summed E-state index contributed by atoms with van der Waals surface area (Å²) in [6.07, 6.45) is 3.73. The summed E-state index contributed by atoms with van der Waals surface area (Å²) in [5, 5.41) is 0. The number of amides is 1. The van der Waals surface area contributed by atoms with Crippen molar-refractivity contribution in [2.24, 2.45) is 0 Å². The van der Waals surface area contributed by atoms with Crippen LogP contribution in [-0.4, -0.2) is 36.6 Å². The van der Waals surface area contributed by atoms with Gasteiger partial charge in [-0.25, -0.2) is 0 Å². The molecule has 0 bridgehead atoms. The van der Waals surface area contributed by atoms with E-state index in [1.54, 1.807) is 11.8 Å². The minimum Gasteiger partial charge on any atom is -0.316 e. The number of hydrogen-bond acceptors (Lipinski definition) is 2. The number of anilines is 2. The first kappa shape index (κ1) is 16.7. The van der Waals surface area contributed by atoms with Crippen molar-refractivity contribution >= 4 is 29.0 Å². The van der Waals surface area contributed by atoms with Gasteiger partial charge >= 0.3 is 0 Å². The van der Waals surface area contributed by atoms with Gasteiger partial charge in [0.15, 0.2) is 6.04 Å². The Labute approximate surface area is 154 Å². The monoisotopic (exact) mass is 353 g/mol. The fraction of sp³-hybridized carbons (Fsp3) is 0.381. The molecule has 2 aromatic rings. The Kier molecular flexibility index (Phi) is 4.34. The smallest absolute Gasteiger partial charge is 0.289 e. The average Bonchev–Trinajstić information content (AvgIpc) is 2.65. The molecule has 2 aliphatic heterocycles. The molecule has 3 nitrogen and oxygen atoms in total. The molecule has 0 aliphatic carbocycles. The van der Waals surface area contributed by atoms with Gasteiger partial charge in [-0.05, 0) is 50.5 Å². The van der Waals surface area contributed by atoms with Gasteiger partial charge in [-0.15, -0.1) is 0 Å². The minimum atomic E-state index is -0.0375. The second kappa shape index (κ2) is 6.50. The number of quaternary nitrogens is 1. The van der Waals surface area contributed by atoms with Gasteiger partial charge in [0.2, 0.25) is 0 Å². The number of benzene rings is 2. The molecule has 25 heavy (non-hydrogen) atoms. The van der Waals surface area contributed by atoms with Crippen molar-refractivity contribution in [1.82, 2.24) is 0 Å². The molecule has 0 aromatic heterocycles. The lowest BCUT2D eigenvalue weighted by Gasteiger charge is -2.44. The van der Waals surface area contributed by atoms with Crippen LogP contribution in [0.4, 0.5) is 11.4 Å². The van der Waals surface area contributed by atoms with Crippen molar-refractivity contribution in [2.75, 3.05) is 25.0 Å². The van der Waals surface area contributed by atoms with Crippen LogP contribution in [0.25, 0.3) is 0 Å². The Bertz CT molecular complexity index is 752. The lowest BCUT2D eigenvalue weighted by molar-refractivity contribution is -0.927. The molecular weight excluding hydrogens is 328 g/mol. The van der Waals surface area contributed by atoms with E-state index in [0.29, 0.717) is 0 Å². The van der Waals surface area contributed by atoms with Crippen LogP contribution in [0.15, 0.2) is 58.3 Å². The zero-order chi connectivity index (χ0) is 17.4. The third-order valence-electron chi connectivity index (χ3n) is 5.78. The number of likely N-dealkylation sites (tertiary alicyclic amines) is 1. The highest BCUT2D eigenvalue weighted by Crippen LogP contribution is 2.48. The first-order chi connectivity index (χ1) is 12.1. The molecule has 0 radical (unpaired) electrons. The van der Waals surface area contributed by atoms with Gasteiger partial charge in [0.1, 0.15) is 0 Å². The van der Waals surface area contributed by atoms with Gasteiger partial charge < -0.3 is 4.48 Å². The fourth-order valence-electron chi connectivity index (χ4n) is 4.02. The number of likely N-dealkylation sites (N-methyl/N-ethyl adjacent to an activating group) is 1. The van der Waals surface area contributed by atoms with E-state index in [0.717, 1.165) is 38.7 Å². The molecule has 2 heterocycles. The SMILES string of the molecule is CC(C(=O)N1c2ccccc2Sc2ccccc21)[N+]1(C)CCCCC1. The van der Waals surface area contributed by atoms with E-state index in [1.807, 2.05) is 29.2 Å². The molecule has 1 saturated heterocycles. The van der Waals surface area contributed by atoms with Crippen molar-refractivity contribution in [3.63, 3.8) is 0 Å². The van der Waals surface area contributed by atoms with Gasteiger partial charge in [-0.3, -0.25) is 9.69 Å². The Morgan fingerprint density at radius 1 is 0.960 bits per heavy atom. The predicted octanol–water partition coefficient (Wildman–Crippen LogP) is 4.83. The van der Waals surface area contributed by atoms with E-state index in [4.69, 9.17) is 0 Å². The van der Waals surface area contributed by atoms with Crippen LogP contribution < -0.4 is 4.90 Å². The Morgan fingerprint density at radius 3 is 2.04 bits per heavy atom. The number of nitrogens with zero attached hydrogens (tertiary/aromatic N) is 2. The molecule has 0 saturated carbocycles. The molecule has 130 valence electrons. The number of para-hydroxylation sites is 2. The van der Waals surface area contributed by atoms with Crippen LogP contribution in [0.1, 0.15) is 26.2 Å². The average molecular weight is 354 g/mol. The third-order valence-corrected chi connectivity index (χ3v) is 6.91. The second-order valence-corrected chi connectivity index (χ2v) is 8.46. The molecule has 2 aliphatic rings. The van der Waals surface area contributed by atoms with E-state index in [2.05, 4.69) is 38.2 Å². The molecule has 1 unspecified atom stereocenters. The van der Waals surface area contributed by atoms with E-state index in [9.17, 15) is 4.79 Å². The Morgan fingerprint density at radius 2 is 1.48 bits per heavy atom. The highest BCUT2D eigenvalue weighted by Gasteiger charge is 2.40. The predicted molar refractivity (Wildman–Crippen MR) is 103 cm³/mol. The first-order valence-electron chi connectivity index (χ1n) is 9.14. The molecule has 0 N–H and O–H groups in total. The summed E-state index contributed by atoms with van der Waals surface area (Å²) in [5.74, 6) is 0.213. The van der Waals surface area contributed by atoms with Crippen LogP contribution in [0.3, 0.4) is 0 Å². The van der Waals surface area contributed by atoms with Gasteiger partial charge in [0.05, 0.1) is 31.5 Å². The molecule has 1 amide bonds. The summed E-state index contributed by atoms with van der Waals surface area (Å²) in [4.78, 5) is 17.9. The minimum absolute atomic E-state index is 0.0375. The first-order valence-corrected chi connectivity index (χ1v) is 9.96. The summed E-state index contributed by atoms with van der Waals surface area (Å²) >= 11 is 1.75. The molecule has 2 aromatic carbocycles. The maximum Gasteiger partial charge on any atom is 0.289 e. The van der Waals surface area contributed by atoms with Crippen LogP contribution >= 0.6 is 11.8 Å². The van der Waals surface area contributed by atoms with Crippen molar-refractivity contribution in [1.29, 1.82) is 0 Å². The maximum atomic E-state index is 13.6. The van der Waals surface area contributed by atoms with Crippen LogP contribution in [-0.2, 0) is 4.79 Å². The van der Waals surface area contributed by atoms with Gasteiger partial charge in [-0.2, -0.15) is 0 Å². The summed E-state index contributed by atoms with van der Waals surface area (Å²) < 4.78 is 0.854. The van der Waals surface area contributed by atoms with E-state index >= 15 is 0 Å². The van der Waals surface area contributed by atoms with E-state index < -0.39 is 0 Å². The van der Waals surface area contributed by atoms with Crippen molar-refractivity contribution in [3.8, 4) is 0 Å². The number of piperidine rings is 1. The van der Waals surface area contributed by atoms with Crippen molar-refractivity contribution < 1.29 is 9.28 Å². The van der Waals surface area contributed by atoms with Gasteiger partial charge in [0, 0.05) is 9.79 Å². The lowest BCUT2D eigenvalue weighted by Crippen LogP contribution is -2.59. The summed E-state index contributed by atoms with van der Waals surface area (Å²) in [7, 11) is 2.25. The number of carbonyl (C=O) groups is 1. The lowest BCUT2D eigenvalue weighted by atomic mass is 10.0. The van der Waals surface area contributed by atoms with Crippen LogP contribution in [0.2, 0.25) is 0 Å². The quantitative estimate of drug-likeness (QED) is 0.721. The van der Waals surface area contributed by atoms with Gasteiger partial charge in [0.25, 0.3) is 5.91 Å². The summed E-state index contributed by atoms with van der Waals surface area (Å²) in [6, 6.07) is 16.5. The van der Waals surface area contributed by atoms with Gasteiger partial charge in [-0.1, -0.05) is 36.0 Å². The Balaban J connectivity index is 1.75. The fourth-order valence-corrected chi connectivity index (χ4v) is 5.08. The largest absolute Gasteiger partial charge is 0.316 e. The maximum absolute atomic E-state index is 13.6. The topological polar surface area (TPSA) is 20.3 Å². The van der Waals surface area contributed by atoms with Crippen molar-refractivity contribution in [2.45, 2.75) is 42.0 Å². The summed E-state index contributed by atoms with van der Waals surface area (Å²) in [5.41, 5.74) is 2.04. The Hall–Kier alpha value is -1.78. The molecule has 1 fully saturated rings. The van der Waals surface area contributed by atoms with Crippen LogP contribution in [0.5, 0.6) is 0 Å². The molecular formula is C21H25N2OS+. The normalized spacial score (nSPS) is 19.7. The van der Waals surface area contributed by atoms with Crippen LogP contribution in [0, 0.1) is 0 Å². The van der Waals surface area contributed by atoms with Crippen molar-refractivity contribution in [3.05, 3.63) is 48.5 Å². The second-order valence-electron chi connectivity index (χ2n) is 7.37. The molecule has 0 spiro atoms. The third kappa shape index (κ3) is 2.87. The number of carbonyl (C=O) groups excluding carboxylic acids is 1. The zero-order valence-corrected chi connectivity index (χ0v) is 15.8. The molecule has 4 heteroatoms. The number of rotatable bonds is 2.